The number of likely N-dealkylation sites (tertiary alicyclic amines) is 1. The molecule has 1 aromatic carbocycles. The highest BCUT2D eigenvalue weighted by atomic mass is 16.6. The van der Waals surface area contributed by atoms with Gasteiger partial charge < -0.3 is 4.90 Å². The van der Waals surface area contributed by atoms with E-state index in [1.165, 1.54) is 25.0 Å². The van der Waals surface area contributed by atoms with Crippen molar-refractivity contribution in [2.45, 2.75) is 12.8 Å². The van der Waals surface area contributed by atoms with Gasteiger partial charge in [-0.3, -0.25) is 10.1 Å². The quantitative estimate of drug-likeness (QED) is 0.578. The summed E-state index contributed by atoms with van der Waals surface area (Å²) in [6, 6.07) is 6.60. The number of nitro groups is 1. The molecule has 1 heterocycles. The normalized spacial score (nSPS) is 15.9. The Bertz CT molecular complexity index is 392. The Balaban J connectivity index is 2.01. The largest absolute Gasteiger partial charge is 0.377 e. The number of nitrogens with zero attached hydrogens (tertiary/aromatic N) is 2. The van der Waals surface area contributed by atoms with Crippen molar-refractivity contribution in [3.05, 3.63) is 46.1 Å². The molecule has 84 valence electrons. The molecule has 1 saturated heterocycles. The SMILES string of the molecule is O=[N+]([O-])c1ccc(/C=C/N2CCCC2)cc1. The zero-order chi connectivity index (χ0) is 11.4. The maximum Gasteiger partial charge on any atom is 0.269 e. The standard InChI is InChI=1S/C12H14N2O2/c15-14(16)12-5-3-11(4-6-12)7-10-13-8-1-2-9-13/h3-7,10H,1-2,8-9H2/b10-7+. The van der Waals surface area contributed by atoms with Crippen LogP contribution in [0.2, 0.25) is 0 Å². The van der Waals surface area contributed by atoms with Crippen molar-refractivity contribution in [2.24, 2.45) is 0 Å². The van der Waals surface area contributed by atoms with E-state index in [9.17, 15) is 10.1 Å². The fourth-order valence-corrected chi connectivity index (χ4v) is 1.79. The minimum Gasteiger partial charge on any atom is -0.377 e. The van der Waals surface area contributed by atoms with Crippen LogP contribution in [-0.2, 0) is 0 Å². The first-order valence-corrected chi connectivity index (χ1v) is 5.42. The maximum atomic E-state index is 10.5. The molecule has 0 amide bonds. The molecule has 0 unspecified atom stereocenters. The fraction of sp³-hybridized carbons (Fsp3) is 0.333. The van der Waals surface area contributed by atoms with Crippen LogP contribution in [0.15, 0.2) is 30.5 Å². The molecule has 1 aromatic rings. The minimum absolute atomic E-state index is 0.137. The van der Waals surface area contributed by atoms with Gasteiger partial charge in [0.2, 0.25) is 0 Å². The highest BCUT2D eigenvalue weighted by molar-refractivity contribution is 5.51. The summed E-state index contributed by atoms with van der Waals surface area (Å²) in [5.74, 6) is 0. The summed E-state index contributed by atoms with van der Waals surface area (Å²) in [7, 11) is 0. The average Bonchev–Trinajstić information content (AvgIpc) is 2.80. The Hall–Kier alpha value is -1.84. The van der Waals surface area contributed by atoms with Crippen molar-refractivity contribution in [3.8, 4) is 0 Å². The van der Waals surface area contributed by atoms with E-state index < -0.39 is 0 Å². The molecule has 0 aliphatic carbocycles. The molecule has 0 saturated carbocycles. The molecule has 0 bridgehead atoms. The van der Waals surface area contributed by atoms with Gasteiger partial charge in [-0.05, 0) is 42.8 Å². The van der Waals surface area contributed by atoms with Crippen LogP contribution in [0.1, 0.15) is 18.4 Å². The molecule has 2 rings (SSSR count). The lowest BCUT2D eigenvalue weighted by Crippen LogP contribution is -2.09. The van der Waals surface area contributed by atoms with E-state index in [0.29, 0.717) is 0 Å². The van der Waals surface area contributed by atoms with E-state index in [2.05, 4.69) is 11.1 Å². The molecule has 4 nitrogen and oxygen atoms in total. The number of hydrogen-bond donors (Lipinski definition) is 0. The van der Waals surface area contributed by atoms with E-state index in [0.717, 1.165) is 18.7 Å². The Labute approximate surface area is 94.3 Å². The van der Waals surface area contributed by atoms with Crippen molar-refractivity contribution in [2.75, 3.05) is 13.1 Å². The molecule has 1 fully saturated rings. The highest BCUT2D eigenvalue weighted by Crippen LogP contribution is 2.14. The number of benzene rings is 1. The van der Waals surface area contributed by atoms with E-state index in [4.69, 9.17) is 0 Å². The summed E-state index contributed by atoms with van der Waals surface area (Å²) >= 11 is 0. The van der Waals surface area contributed by atoms with Crippen LogP contribution in [0.4, 0.5) is 5.69 Å². The molecule has 0 N–H and O–H groups in total. The van der Waals surface area contributed by atoms with E-state index in [-0.39, 0.29) is 10.6 Å². The van der Waals surface area contributed by atoms with Gasteiger partial charge in [-0.15, -0.1) is 0 Å². The molecule has 16 heavy (non-hydrogen) atoms. The van der Waals surface area contributed by atoms with Gasteiger partial charge in [0.25, 0.3) is 5.69 Å². The Morgan fingerprint density at radius 3 is 2.38 bits per heavy atom. The van der Waals surface area contributed by atoms with Gasteiger partial charge in [-0.25, -0.2) is 0 Å². The molecule has 1 aliphatic rings. The zero-order valence-corrected chi connectivity index (χ0v) is 9.00. The van der Waals surface area contributed by atoms with Crippen LogP contribution in [-0.4, -0.2) is 22.9 Å². The zero-order valence-electron chi connectivity index (χ0n) is 9.00. The Morgan fingerprint density at radius 2 is 1.81 bits per heavy atom. The predicted octanol–water partition coefficient (Wildman–Crippen LogP) is 2.66. The predicted molar refractivity (Wildman–Crippen MR) is 62.9 cm³/mol. The van der Waals surface area contributed by atoms with Crippen molar-refractivity contribution < 1.29 is 4.92 Å². The summed E-state index contributed by atoms with van der Waals surface area (Å²) in [4.78, 5) is 12.3. The summed E-state index contributed by atoms with van der Waals surface area (Å²) in [5.41, 5.74) is 1.14. The highest BCUT2D eigenvalue weighted by Gasteiger charge is 2.06. The van der Waals surface area contributed by atoms with Gasteiger partial charge in [0.15, 0.2) is 0 Å². The molecule has 0 aromatic heterocycles. The lowest BCUT2D eigenvalue weighted by Gasteiger charge is -2.09. The van der Waals surface area contributed by atoms with Crippen LogP contribution >= 0.6 is 0 Å². The van der Waals surface area contributed by atoms with E-state index in [1.54, 1.807) is 12.1 Å². The van der Waals surface area contributed by atoms with Gasteiger partial charge in [0.1, 0.15) is 0 Å². The van der Waals surface area contributed by atoms with Crippen LogP contribution in [0, 0.1) is 10.1 Å². The third-order valence-electron chi connectivity index (χ3n) is 2.72. The number of nitro benzene ring substituents is 1. The summed E-state index contributed by atoms with van der Waals surface area (Å²) in [6.45, 7) is 2.23. The van der Waals surface area contributed by atoms with Gasteiger partial charge >= 0.3 is 0 Å². The van der Waals surface area contributed by atoms with Gasteiger partial charge in [-0.1, -0.05) is 0 Å². The van der Waals surface area contributed by atoms with Gasteiger partial charge in [-0.2, -0.15) is 0 Å². The molecule has 0 spiro atoms. The van der Waals surface area contributed by atoms with Crippen molar-refractivity contribution in [1.29, 1.82) is 0 Å². The Kier molecular flexibility index (Phi) is 3.19. The molecule has 1 aliphatic heterocycles. The fourth-order valence-electron chi connectivity index (χ4n) is 1.79. The molecule has 0 radical (unpaired) electrons. The molecular formula is C12H14N2O2. The number of non-ortho nitro benzene ring substituents is 1. The summed E-state index contributed by atoms with van der Waals surface area (Å²) in [5, 5.41) is 10.5. The van der Waals surface area contributed by atoms with Crippen molar-refractivity contribution in [3.63, 3.8) is 0 Å². The van der Waals surface area contributed by atoms with Crippen molar-refractivity contribution in [1.82, 2.24) is 4.90 Å². The summed E-state index contributed by atoms with van der Waals surface area (Å²) in [6.07, 6.45) is 6.57. The molecule has 0 atom stereocenters. The van der Waals surface area contributed by atoms with Crippen LogP contribution in [0.3, 0.4) is 0 Å². The number of hydrogen-bond acceptors (Lipinski definition) is 3. The Morgan fingerprint density at radius 1 is 1.19 bits per heavy atom. The maximum absolute atomic E-state index is 10.5. The first-order chi connectivity index (χ1) is 7.75. The van der Waals surface area contributed by atoms with Crippen LogP contribution < -0.4 is 0 Å². The van der Waals surface area contributed by atoms with Crippen LogP contribution in [0.5, 0.6) is 0 Å². The third kappa shape index (κ3) is 2.59. The first-order valence-electron chi connectivity index (χ1n) is 5.42. The molecule has 4 heteroatoms. The molecular weight excluding hydrogens is 204 g/mol. The lowest BCUT2D eigenvalue weighted by molar-refractivity contribution is -0.384. The monoisotopic (exact) mass is 218 g/mol. The van der Waals surface area contributed by atoms with Gasteiger partial charge in [0.05, 0.1) is 4.92 Å². The van der Waals surface area contributed by atoms with E-state index >= 15 is 0 Å². The summed E-state index contributed by atoms with van der Waals surface area (Å²) < 4.78 is 0. The van der Waals surface area contributed by atoms with E-state index in [1.807, 2.05) is 6.08 Å². The minimum atomic E-state index is -0.381. The average molecular weight is 218 g/mol. The smallest absolute Gasteiger partial charge is 0.269 e. The lowest BCUT2D eigenvalue weighted by atomic mass is 10.2. The van der Waals surface area contributed by atoms with Crippen molar-refractivity contribution >= 4 is 11.8 Å². The van der Waals surface area contributed by atoms with Crippen LogP contribution in [0.25, 0.3) is 6.08 Å². The second-order valence-electron chi connectivity index (χ2n) is 3.91. The number of rotatable bonds is 3. The second kappa shape index (κ2) is 4.79. The third-order valence-corrected chi connectivity index (χ3v) is 2.72. The first kappa shape index (κ1) is 10.7. The topological polar surface area (TPSA) is 46.4 Å². The van der Waals surface area contributed by atoms with Gasteiger partial charge in [0, 0.05) is 25.2 Å². The second-order valence-corrected chi connectivity index (χ2v) is 3.91.